The molecule has 10 heteroatoms. The van der Waals surface area contributed by atoms with Crippen molar-refractivity contribution in [1.29, 1.82) is 0 Å². The van der Waals surface area contributed by atoms with Crippen molar-refractivity contribution in [2.75, 3.05) is 23.9 Å². The zero-order valence-electron chi connectivity index (χ0n) is 13.3. The third-order valence-electron chi connectivity index (χ3n) is 4.66. The Morgan fingerprint density at radius 2 is 2.21 bits per heavy atom. The van der Waals surface area contributed by atoms with E-state index in [1.54, 1.807) is 16.7 Å². The van der Waals surface area contributed by atoms with Crippen LogP contribution < -0.4 is 5.32 Å². The van der Waals surface area contributed by atoms with E-state index in [2.05, 4.69) is 5.32 Å². The molecule has 0 aromatic heterocycles. The first-order valence-corrected chi connectivity index (χ1v) is 10.6. The molecular formula is C14H20N2O6S2. The van der Waals surface area contributed by atoms with Gasteiger partial charge in [-0.3, -0.25) is 9.59 Å². The number of carbonyl (C=O) groups is 3. The number of sulfone groups is 1. The monoisotopic (exact) mass is 376 g/mol. The van der Waals surface area contributed by atoms with Gasteiger partial charge in [0.1, 0.15) is 6.04 Å². The summed E-state index contributed by atoms with van der Waals surface area (Å²) in [5, 5.41) is 2.56. The van der Waals surface area contributed by atoms with Crippen LogP contribution in [0.1, 0.15) is 26.2 Å². The number of thioether (sulfide) groups is 1. The van der Waals surface area contributed by atoms with Crippen molar-refractivity contribution in [3.8, 4) is 0 Å². The van der Waals surface area contributed by atoms with Crippen molar-refractivity contribution in [1.82, 2.24) is 10.2 Å². The number of nitrogens with zero attached hydrogens (tertiary/aromatic N) is 1. The summed E-state index contributed by atoms with van der Waals surface area (Å²) in [6.07, 6.45) is 1.50. The molecule has 0 saturated carbocycles. The molecule has 8 nitrogen and oxygen atoms in total. The first kappa shape index (κ1) is 17.5. The van der Waals surface area contributed by atoms with E-state index in [0.29, 0.717) is 25.0 Å². The van der Waals surface area contributed by atoms with Gasteiger partial charge in [0.25, 0.3) is 5.91 Å². The summed E-state index contributed by atoms with van der Waals surface area (Å²) in [5.74, 6) is -0.727. The largest absolute Gasteiger partial charge is 0.454 e. The van der Waals surface area contributed by atoms with E-state index in [9.17, 15) is 22.8 Å². The summed E-state index contributed by atoms with van der Waals surface area (Å²) >= 11 is 1.55. The van der Waals surface area contributed by atoms with Crippen LogP contribution in [0.4, 0.5) is 0 Å². The van der Waals surface area contributed by atoms with Crippen molar-refractivity contribution >= 4 is 39.4 Å². The van der Waals surface area contributed by atoms with Crippen molar-refractivity contribution < 1.29 is 27.5 Å². The minimum Gasteiger partial charge on any atom is -0.454 e. The van der Waals surface area contributed by atoms with E-state index < -0.39 is 40.4 Å². The van der Waals surface area contributed by atoms with Gasteiger partial charge in [0.2, 0.25) is 5.91 Å². The molecule has 0 unspecified atom stereocenters. The van der Waals surface area contributed by atoms with Gasteiger partial charge in [-0.25, -0.2) is 13.2 Å². The molecule has 3 rings (SSSR count). The Balaban J connectivity index is 1.49. The van der Waals surface area contributed by atoms with Gasteiger partial charge < -0.3 is 15.0 Å². The minimum absolute atomic E-state index is 0.0622. The number of amides is 2. The molecule has 0 spiro atoms. The summed E-state index contributed by atoms with van der Waals surface area (Å²) in [6, 6.07) is -1.08. The quantitative estimate of drug-likeness (QED) is 0.645. The average molecular weight is 376 g/mol. The van der Waals surface area contributed by atoms with Crippen LogP contribution in [0.5, 0.6) is 0 Å². The van der Waals surface area contributed by atoms with Crippen LogP contribution in [-0.4, -0.2) is 71.9 Å². The molecule has 24 heavy (non-hydrogen) atoms. The normalized spacial score (nSPS) is 34.2. The lowest BCUT2D eigenvalue weighted by Crippen LogP contribution is -2.47. The lowest BCUT2D eigenvalue weighted by Gasteiger charge is -2.29. The number of fused-ring (bicyclic) bond motifs is 1. The number of nitrogens with one attached hydrogen (secondary N) is 1. The van der Waals surface area contributed by atoms with Crippen LogP contribution in [0.2, 0.25) is 0 Å². The Bertz CT molecular complexity index is 679. The molecule has 0 aromatic carbocycles. The standard InChI is InChI=1S/C14H20N2O6S2/c1-14-4-2-12(18)16(14)10(7-23-14)13(19)22-6-11(17)15-9-3-5-24(20,21)8-9/h9-10H,2-8H2,1H3,(H,15,17)/t9-,10+,14-/m1/s1. The Labute approximate surface area is 144 Å². The highest BCUT2D eigenvalue weighted by molar-refractivity contribution is 8.01. The molecule has 3 saturated heterocycles. The maximum Gasteiger partial charge on any atom is 0.330 e. The fraction of sp³-hybridized carbons (Fsp3) is 0.786. The highest BCUT2D eigenvalue weighted by Crippen LogP contribution is 2.47. The van der Waals surface area contributed by atoms with Gasteiger partial charge in [-0.1, -0.05) is 0 Å². The van der Waals surface area contributed by atoms with Gasteiger partial charge in [-0.05, 0) is 19.8 Å². The molecule has 3 fully saturated rings. The fourth-order valence-electron chi connectivity index (χ4n) is 3.41. The summed E-state index contributed by atoms with van der Waals surface area (Å²) in [6.45, 7) is 1.47. The maximum atomic E-state index is 12.2. The zero-order valence-corrected chi connectivity index (χ0v) is 15.0. The maximum absolute atomic E-state index is 12.2. The number of esters is 1. The van der Waals surface area contributed by atoms with Gasteiger partial charge in [0, 0.05) is 18.2 Å². The number of hydrogen-bond donors (Lipinski definition) is 1. The molecule has 134 valence electrons. The molecule has 1 N–H and O–H groups in total. The van der Waals surface area contributed by atoms with Crippen molar-refractivity contribution in [3.63, 3.8) is 0 Å². The van der Waals surface area contributed by atoms with Gasteiger partial charge in [0.15, 0.2) is 16.4 Å². The summed E-state index contributed by atoms with van der Waals surface area (Å²) in [4.78, 5) is 37.2. The Morgan fingerprint density at radius 3 is 2.88 bits per heavy atom. The number of carbonyl (C=O) groups excluding carboxylic acids is 3. The van der Waals surface area contributed by atoms with Crippen LogP contribution in [0.25, 0.3) is 0 Å². The molecule has 3 aliphatic rings. The zero-order chi connectivity index (χ0) is 17.5. The Hall–Kier alpha value is -1.29. The van der Waals surface area contributed by atoms with E-state index in [1.807, 2.05) is 6.92 Å². The third kappa shape index (κ3) is 3.39. The van der Waals surface area contributed by atoms with Gasteiger partial charge in [-0.15, -0.1) is 11.8 Å². The molecule has 3 heterocycles. The van der Waals surface area contributed by atoms with E-state index >= 15 is 0 Å². The van der Waals surface area contributed by atoms with Crippen LogP contribution in [-0.2, 0) is 29.0 Å². The number of ether oxygens (including phenoxy) is 1. The van der Waals surface area contributed by atoms with E-state index in [1.165, 1.54) is 0 Å². The van der Waals surface area contributed by atoms with Crippen LogP contribution in [0, 0.1) is 0 Å². The Kier molecular flexibility index (Phi) is 4.54. The SMILES string of the molecule is C[C@@]12CCC(=O)N1[C@H](C(=O)OCC(=O)N[C@@H]1CCS(=O)(=O)C1)CS2. The third-order valence-corrected chi connectivity index (χ3v) is 7.93. The highest BCUT2D eigenvalue weighted by Gasteiger charge is 2.53. The molecule has 0 aromatic rings. The second-order valence-electron chi connectivity index (χ2n) is 6.54. The second-order valence-corrected chi connectivity index (χ2v) is 10.3. The second kappa shape index (κ2) is 6.21. The summed E-state index contributed by atoms with van der Waals surface area (Å²) < 4.78 is 27.7. The molecule has 3 atom stereocenters. The lowest BCUT2D eigenvalue weighted by atomic mass is 10.2. The summed E-state index contributed by atoms with van der Waals surface area (Å²) in [5.41, 5.74) is 0. The van der Waals surface area contributed by atoms with Crippen LogP contribution in [0.3, 0.4) is 0 Å². The average Bonchev–Trinajstić information content (AvgIpc) is 3.11. The molecule has 0 bridgehead atoms. The molecular weight excluding hydrogens is 356 g/mol. The molecule has 0 radical (unpaired) electrons. The van der Waals surface area contributed by atoms with Crippen LogP contribution >= 0.6 is 11.8 Å². The smallest absolute Gasteiger partial charge is 0.330 e. The Morgan fingerprint density at radius 1 is 1.46 bits per heavy atom. The molecule has 2 amide bonds. The molecule has 3 aliphatic heterocycles. The van der Waals surface area contributed by atoms with Gasteiger partial charge in [-0.2, -0.15) is 0 Å². The van der Waals surface area contributed by atoms with Crippen molar-refractivity contribution in [2.24, 2.45) is 0 Å². The predicted molar refractivity (Wildman–Crippen MR) is 86.9 cm³/mol. The first-order valence-electron chi connectivity index (χ1n) is 7.83. The topological polar surface area (TPSA) is 110 Å². The van der Waals surface area contributed by atoms with Gasteiger partial charge in [0.05, 0.1) is 16.4 Å². The fourth-order valence-corrected chi connectivity index (χ4v) is 6.50. The van der Waals surface area contributed by atoms with Crippen LogP contribution in [0.15, 0.2) is 0 Å². The molecule has 0 aliphatic carbocycles. The predicted octanol–water partition coefficient (Wildman–Crippen LogP) is -0.713. The number of hydrogen-bond acceptors (Lipinski definition) is 7. The van der Waals surface area contributed by atoms with Crippen molar-refractivity contribution in [3.05, 3.63) is 0 Å². The number of rotatable bonds is 4. The van der Waals surface area contributed by atoms with Crippen molar-refractivity contribution in [2.45, 2.75) is 43.1 Å². The summed E-state index contributed by atoms with van der Waals surface area (Å²) in [7, 11) is -3.08. The van der Waals surface area contributed by atoms with E-state index in [0.717, 1.165) is 0 Å². The first-order chi connectivity index (χ1) is 11.2. The van der Waals surface area contributed by atoms with E-state index in [4.69, 9.17) is 4.74 Å². The van der Waals surface area contributed by atoms with E-state index in [-0.39, 0.29) is 22.3 Å². The highest BCUT2D eigenvalue weighted by atomic mass is 32.2. The van der Waals surface area contributed by atoms with Gasteiger partial charge >= 0.3 is 5.97 Å². The minimum atomic E-state index is -3.08. The lowest BCUT2D eigenvalue weighted by molar-refractivity contribution is -0.156.